The molecule has 0 amide bonds. The third-order valence-electron chi connectivity index (χ3n) is 4.13. The van der Waals surface area contributed by atoms with Gasteiger partial charge in [0.2, 0.25) is 0 Å². The average Bonchev–Trinajstić information content (AvgIpc) is 2.96. The Morgan fingerprint density at radius 2 is 2.21 bits per heavy atom. The Morgan fingerprint density at radius 3 is 2.92 bits per heavy atom. The summed E-state index contributed by atoms with van der Waals surface area (Å²) in [5.41, 5.74) is 0.395. The molecule has 0 N–H and O–H groups in total. The Morgan fingerprint density at radius 1 is 1.42 bits per heavy atom. The minimum Gasteiger partial charge on any atom is -0.351 e. The van der Waals surface area contributed by atoms with Crippen LogP contribution in [0.25, 0.3) is 0 Å². The maximum atomic E-state index is 13.0. The summed E-state index contributed by atoms with van der Waals surface area (Å²) in [7, 11) is 1.72. The van der Waals surface area contributed by atoms with Crippen LogP contribution in [0.3, 0.4) is 0 Å². The van der Waals surface area contributed by atoms with Crippen molar-refractivity contribution in [3.63, 3.8) is 0 Å². The van der Waals surface area contributed by atoms with Gasteiger partial charge in [-0.25, -0.2) is 4.98 Å². The zero-order valence-corrected chi connectivity index (χ0v) is 13.0. The topological polar surface area (TPSA) is 70.6 Å². The molecular weight excluding hydrogens is 321 g/mol. The van der Waals surface area contributed by atoms with Crippen LogP contribution in [0.15, 0.2) is 18.3 Å². The molecule has 2 aromatic heterocycles. The lowest BCUT2D eigenvalue weighted by molar-refractivity contribution is -0.182. The first kappa shape index (κ1) is 16.2. The van der Waals surface area contributed by atoms with Crippen LogP contribution < -0.4 is 4.90 Å². The fraction of sp³-hybridized carbons (Fsp3) is 0.467. The molecule has 0 aliphatic carbocycles. The zero-order chi connectivity index (χ0) is 17.3. The van der Waals surface area contributed by atoms with E-state index in [9.17, 15) is 13.2 Å². The van der Waals surface area contributed by atoms with Gasteiger partial charge >= 0.3 is 6.18 Å². The summed E-state index contributed by atoms with van der Waals surface area (Å²) in [6.45, 7) is 0.0611. The van der Waals surface area contributed by atoms with Crippen molar-refractivity contribution in [3.05, 3.63) is 35.5 Å². The van der Waals surface area contributed by atoms with Crippen molar-refractivity contribution in [1.82, 2.24) is 19.7 Å². The second-order valence-corrected chi connectivity index (χ2v) is 5.76. The number of alkyl halides is 3. The maximum absolute atomic E-state index is 13.0. The van der Waals surface area contributed by atoms with E-state index in [4.69, 9.17) is 5.26 Å². The first-order chi connectivity index (χ1) is 11.4. The van der Waals surface area contributed by atoms with Crippen molar-refractivity contribution in [2.24, 2.45) is 5.92 Å². The average molecular weight is 336 g/mol. The van der Waals surface area contributed by atoms with Gasteiger partial charge in [-0.05, 0) is 18.6 Å². The van der Waals surface area contributed by atoms with Gasteiger partial charge in [-0.3, -0.25) is 0 Å². The third-order valence-corrected chi connectivity index (χ3v) is 4.13. The van der Waals surface area contributed by atoms with Crippen LogP contribution >= 0.6 is 0 Å². The predicted molar refractivity (Wildman–Crippen MR) is 78.9 cm³/mol. The monoisotopic (exact) mass is 336 g/mol. The number of nitrogens with zero attached hydrogens (tertiary/aromatic N) is 6. The third kappa shape index (κ3) is 3.04. The molecule has 0 spiro atoms. The zero-order valence-electron chi connectivity index (χ0n) is 13.0. The largest absolute Gasteiger partial charge is 0.393 e. The van der Waals surface area contributed by atoms with Crippen LogP contribution in [0.5, 0.6) is 0 Å². The van der Waals surface area contributed by atoms with Crippen LogP contribution in [0.1, 0.15) is 23.6 Å². The lowest BCUT2D eigenvalue weighted by Crippen LogP contribution is -2.33. The van der Waals surface area contributed by atoms with Gasteiger partial charge in [-0.1, -0.05) is 0 Å². The van der Waals surface area contributed by atoms with Gasteiger partial charge in [0.25, 0.3) is 0 Å². The van der Waals surface area contributed by atoms with E-state index in [1.54, 1.807) is 30.3 Å². The lowest BCUT2D eigenvalue weighted by atomic mass is 9.99. The molecule has 0 aromatic carbocycles. The van der Waals surface area contributed by atoms with Crippen molar-refractivity contribution in [2.75, 3.05) is 11.9 Å². The van der Waals surface area contributed by atoms with Crippen molar-refractivity contribution >= 4 is 5.82 Å². The molecule has 0 saturated carbocycles. The van der Waals surface area contributed by atoms with Crippen molar-refractivity contribution in [3.8, 4) is 6.07 Å². The molecule has 0 saturated heterocycles. The minimum absolute atomic E-state index is 0.0380. The highest BCUT2D eigenvalue weighted by Gasteiger charge is 2.42. The molecule has 9 heteroatoms. The standard InChI is InChI=1S/C15H15F3N6/c1-23(14-10(7-19)3-2-6-20-14)9-13-22-21-12-5-4-11(8-24(12)13)15(16,17)18/h2-3,6,11H,4-5,8-9H2,1H3. The molecule has 1 atom stereocenters. The Labute approximate surface area is 136 Å². The molecule has 126 valence electrons. The summed E-state index contributed by atoms with van der Waals surface area (Å²) in [5, 5.41) is 17.2. The van der Waals surface area contributed by atoms with Gasteiger partial charge < -0.3 is 9.47 Å². The highest BCUT2D eigenvalue weighted by molar-refractivity contribution is 5.52. The summed E-state index contributed by atoms with van der Waals surface area (Å²) in [4.78, 5) is 5.85. The first-order valence-corrected chi connectivity index (χ1v) is 7.44. The normalized spacial score (nSPS) is 17.2. The van der Waals surface area contributed by atoms with E-state index in [0.29, 0.717) is 23.0 Å². The molecule has 1 aliphatic heterocycles. The summed E-state index contributed by atoms with van der Waals surface area (Å²) in [6, 6.07) is 5.34. The number of anilines is 1. The molecule has 3 rings (SSSR count). The van der Waals surface area contributed by atoms with E-state index in [0.717, 1.165) is 0 Å². The fourth-order valence-electron chi connectivity index (χ4n) is 2.84. The van der Waals surface area contributed by atoms with E-state index in [-0.39, 0.29) is 25.9 Å². The highest BCUT2D eigenvalue weighted by atomic mass is 19.4. The Balaban J connectivity index is 1.83. The van der Waals surface area contributed by atoms with E-state index >= 15 is 0 Å². The molecule has 0 fully saturated rings. The van der Waals surface area contributed by atoms with Crippen LogP contribution in [-0.2, 0) is 19.5 Å². The number of aryl methyl sites for hydroxylation is 1. The fourth-order valence-corrected chi connectivity index (χ4v) is 2.84. The maximum Gasteiger partial charge on any atom is 0.393 e. The Kier molecular flexibility index (Phi) is 4.13. The lowest BCUT2D eigenvalue weighted by Gasteiger charge is -2.27. The summed E-state index contributed by atoms with van der Waals surface area (Å²) in [6.07, 6.45) is -2.37. The number of hydrogen-bond donors (Lipinski definition) is 0. The van der Waals surface area contributed by atoms with Gasteiger partial charge in [0, 0.05) is 26.2 Å². The molecule has 1 unspecified atom stereocenters. The second-order valence-electron chi connectivity index (χ2n) is 5.76. The second kappa shape index (κ2) is 6.11. The SMILES string of the molecule is CN(Cc1nnc2n1CC(C(F)(F)F)CC2)c1ncccc1C#N. The first-order valence-electron chi connectivity index (χ1n) is 7.44. The van der Waals surface area contributed by atoms with Crippen LogP contribution in [0.4, 0.5) is 19.0 Å². The number of halogens is 3. The number of rotatable bonds is 3. The number of fused-ring (bicyclic) bond motifs is 1. The highest BCUT2D eigenvalue weighted by Crippen LogP contribution is 2.34. The van der Waals surface area contributed by atoms with E-state index in [1.807, 2.05) is 6.07 Å². The Bertz CT molecular complexity index is 776. The number of aromatic nitrogens is 4. The van der Waals surface area contributed by atoms with Gasteiger partial charge in [0.15, 0.2) is 5.82 Å². The molecule has 0 bridgehead atoms. The quantitative estimate of drug-likeness (QED) is 0.860. The molecular formula is C15H15F3N6. The van der Waals surface area contributed by atoms with E-state index in [2.05, 4.69) is 15.2 Å². The molecule has 0 radical (unpaired) electrons. The Hall–Kier alpha value is -2.63. The van der Waals surface area contributed by atoms with Gasteiger partial charge in [0.05, 0.1) is 18.0 Å². The molecule has 24 heavy (non-hydrogen) atoms. The van der Waals surface area contributed by atoms with Crippen molar-refractivity contribution < 1.29 is 13.2 Å². The summed E-state index contributed by atoms with van der Waals surface area (Å²) < 4.78 is 40.5. The predicted octanol–water partition coefficient (Wildman–Crippen LogP) is 2.31. The van der Waals surface area contributed by atoms with Gasteiger partial charge in [-0.15, -0.1) is 10.2 Å². The smallest absolute Gasteiger partial charge is 0.351 e. The van der Waals surface area contributed by atoms with Crippen LogP contribution in [0, 0.1) is 17.2 Å². The summed E-state index contributed by atoms with van der Waals surface area (Å²) in [5.74, 6) is 0.0894. The van der Waals surface area contributed by atoms with E-state index in [1.165, 1.54) is 4.57 Å². The summed E-state index contributed by atoms with van der Waals surface area (Å²) >= 11 is 0. The van der Waals surface area contributed by atoms with Crippen molar-refractivity contribution in [2.45, 2.75) is 32.1 Å². The number of hydrogen-bond acceptors (Lipinski definition) is 5. The molecule has 2 aromatic rings. The minimum atomic E-state index is -4.22. The van der Waals surface area contributed by atoms with E-state index < -0.39 is 12.1 Å². The van der Waals surface area contributed by atoms with Crippen LogP contribution in [0.2, 0.25) is 0 Å². The molecule has 1 aliphatic rings. The van der Waals surface area contributed by atoms with Gasteiger partial charge in [-0.2, -0.15) is 18.4 Å². The molecule has 3 heterocycles. The van der Waals surface area contributed by atoms with Gasteiger partial charge in [0.1, 0.15) is 17.7 Å². The number of pyridine rings is 1. The molecule has 6 nitrogen and oxygen atoms in total. The number of nitriles is 1. The van der Waals surface area contributed by atoms with Crippen molar-refractivity contribution in [1.29, 1.82) is 5.26 Å². The van der Waals surface area contributed by atoms with Crippen LogP contribution in [-0.4, -0.2) is 33.0 Å².